The number of aromatic carboxylic acids is 2. The minimum atomic E-state index is -5.77. The second kappa shape index (κ2) is 5.00. The Morgan fingerprint density at radius 3 is 1.70 bits per heavy atom. The lowest BCUT2D eigenvalue weighted by molar-refractivity contribution is -0.0429. The molecule has 20 heavy (non-hydrogen) atoms. The third-order valence-electron chi connectivity index (χ3n) is 1.98. The van der Waals surface area contributed by atoms with Gasteiger partial charge in [0.2, 0.25) is 0 Å². The Morgan fingerprint density at radius 2 is 1.40 bits per heavy atom. The van der Waals surface area contributed by atoms with Gasteiger partial charge in [0, 0.05) is 0 Å². The zero-order valence-electron chi connectivity index (χ0n) is 9.30. The first kappa shape index (κ1) is 15.8. The summed E-state index contributed by atoms with van der Waals surface area (Å²) in [6, 6.07) is 1.81. The topological polar surface area (TPSA) is 121 Å². The van der Waals surface area contributed by atoms with E-state index < -0.39 is 44.3 Å². The van der Waals surface area contributed by atoms with Crippen LogP contribution in [0.3, 0.4) is 0 Å². The summed E-state index contributed by atoms with van der Waals surface area (Å²) in [4.78, 5) is 21.4. The molecule has 0 aromatic heterocycles. The first-order valence-corrected chi connectivity index (χ1v) is 6.13. The molecule has 0 saturated heterocycles. The number of carboxylic acids is 2. The lowest BCUT2D eigenvalue weighted by Crippen LogP contribution is -2.30. The minimum absolute atomic E-state index is 0.568. The molecule has 0 aliphatic heterocycles. The number of rotatable bonds is 4. The standard InChI is InChI=1S/C9H6F3NO6S/c10-9(11,12)20(18,19)13-6-2-4(7(14)15)1-5(3-6)8(16)17/h1-3,13H,(H,14,15)(H,16,17). The van der Waals surface area contributed by atoms with Crippen LogP contribution >= 0.6 is 0 Å². The summed E-state index contributed by atoms with van der Waals surface area (Å²) in [6.45, 7) is 0. The van der Waals surface area contributed by atoms with Gasteiger partial charge in [-0.3, -0.25) is 4.72 Å². The molecule has 110 valence electrons. The molecule has 0 heterocycles. The summed E-state index contributed by atoms with van der Waals surface area (Å²) >= 11 is 0. The molecule has 7 nitrogen and oxygen atoms in total. The Labute approximate surface area is 109 Å². The normalized spacial score (nSPS) is 11.9. The second-order valence-corrected chi connectivity index (χ2v) is 5.13. The number of carboxylic acid groups (broad SMARTS) is 2. The Kier molecular flexibility index (Phi) is 3.94. The van der Waals surface area contributed by atoms with Crippen molar-refractivity contribution in [3.8, 4) is 0 Å². The molecule has 0 saturated carbocycles. The first-order valence-electron chi connectivity index (χ1n) is 4.65. The summed E-state index contributed by atoms with van der Waals surface area (Å²) < 4.78 is 59.2. The Morgan fingerprint density at radius 1 is 1.00 bits per heavy atom. The molecule has 1 aromatic rings. The first-order chi connectivity index (χ1) is 8.94. The van der Waals surface area contributed by atoms with Crippen LogP contribution in [-0.2, 0) is 10.0 Å². The zero-order valence-corrected chi connectivity index (χ0v) is 10.1. The van der Waals surface area contributed by atoms with E-state index in [9.17, 15) is 31.2 Å². The molecule has 0 aliphatic rings. The van der Waals surface area contributed by atoms with Crippen molar-refractivity contribution in [3.05, 3.63) is 29.3 Å². The average Bonchev–Trinajstić information content (AvgIpc) is 2.26. The molecule has 3 N–H and O–H groups in total. The summed E-state index contributed by atoms with van der Waals surface area (Å²) in [5.74, 6) is -3.25. The predicted molar refractivity (Wildman–Crippen MR) is 59.0 cm³/mol. The van der Waals surface area contributed by atoms with E-state index in [0.717, 1.165) is 4.72 Å². The van der Waals surface area contributed by atoms with Crippen LogP contribution in [0, 0.1) is 0 Å². The lowest BCUT2D eigenvalue weighted by Gasteiger charge is -2.11. The fourth-order valence-corrected chi connectivity index (χ4v) is 1.69. The fraction of sp³-hybridized carbons (Fsp3) is 0.111. The maximum absolute atomic E-state index is 12.2. The third kappa shape index (κ3) is 3.38. The molecule has 0 aliphatic carbocycles. The van der Waals surface area contributed by atoms with Gasteiger partial charge in [0.05, 0.1) is 16.8 Å². The number of carbonyl (C=O) groups is 2. The Hall–Kier alpha value is -2.30. The second-order valence-electron chi connectivity index (χ2n) is 3.46. The van der Waals surface area contributed by atoms with E-state index in [0.29, 0.717) is 18.2 Å². The quantitative estimate of drug-likeness (QED) is 0.771. The predicted octanol–water partition coefficient (Wildman–Crippen LogP) is 1.34. The van der Waals surface area contributed by atoms with Crippen molar-refractivity contribution in [2.45, 2.75) is 5.51 Å². The molecular formula is C9H6F3NO6S. The molecule has 1 rings (SSSR count). The van der Waals surface area contributed by atoms with Crippen LogP contribution in [0.2, 0.25) is 0 Å². The molecule has 0 spiro atoms. The van der Waals surface area contributed by atoms with E-state index in [-0.39, 0.29) is 0 Å². The van der Waals surface area contributed by atoms with Crippen molar-refractivity contribution in [1.82, 2.24) is 0 Å². The molecule has 0 bridgehead atoms. The fourth-order valence-electron chi connectivity index (χ4n) is 1.15. The smallest absolute Gasteiger partial charge is 0.478 e. The Bertz CT molecular complexity index is 635. The maximum atomic E-state index is 12.2. The van der Waals surface area contributed by atoms with Gasteiger partial charge >= 0.3 is 27.5 Å². The molecular weight excluding hydrogens is 307 g/mol. The molecule has 0 fully saturated rings. The van der Waals surface area contributed by atoms with Crippen molar-refractivity contribution >= 4 is 27.6 Å². The number of nitrogens with one attached hydrogen (secondary N) is 1. The number of alkyl halides is 3. The zero-order chi connectivity index (χ0) is 15.7. The highest BCUT2D eigenvalue weighted by atomic mass is 32.2. The van der Waals surface area contributed by atoms with Gasteiger partial charge in [-0.1, -0.05) is 0 Å². The average molecular weight is 313 g/mol. The van der Waals surface area contributed by atoms with Crippen molar-refractivity contribution < 1.29 is 41.4 Å². The summed E-state index contributed by atoms with van der Waals surface area (Å²) in [6.07, 6.45) is 0. The van der Waals surface area contributed by atoms with Gasteiger partial charge in [0.15, 0.2) is 0 Å². The largest absolute Gasteiger partial charge is 0.516 e. The van der Waals surface area contributed by atoms with Gasteiger partial charge in [-0.2, -0.15) is 21.6 Å². The van der Waals surface area contributed by atoms with E-state index in [1.54, 1.807) is 0 Å². The SMILES string of the molecule is O=C(O)c1cc(NS(=O)(=O)C(F)(F)F)cc(C(=O)O)c1. The van der Waals surface area contributed by atoms with Gasteiger partial charge in [0.25, 0.3) is 0 Å². The molecule has 0 amide bonds. The van der Waals surface area contributed by atoms with E-state index in [1.165, 1.54) is 0 Å². The van der Waals surface area contributed by atoms with E-state index in [1.807, 2.05) is 0 Å². The van der Waals surface area contributed by atoms with Gasteiger partial charge in [0.1, 0.15) is 0 Å². The molecule has 0 radical (unpaired) electrons. The highest BCUT2D eigenvalue weighted by molar-refractivity contribution is 7.93. The van der Waals surface area contributed by atoms with Gasteiger partial charge < -0.3 is 10.2 Å². The third-order valence-corrected chi connectivity index (χ3v) is 3.10. The monoisotopic (exact) mass is 313 g/mol. The Balaban J connectivity index is 3.33. The van der Waals surface area contributed by atoms with Crippen LogP contribution in [-0.4, -0.2) is 36.1 Å². The van der Waals surface area contributed by atoms with E-state index in [4.69, 9.17) is 10.2 Å². The van der Waals surface area contributed by atoms with Gasteiger partial charge in [-0.25, -0.2) is 9.59 Å². The van der Waals surface area contributed by atoms with Gasteiger partial charge in [-0.15, -0.1) is 0 Å². The lowest BCUT2D eigenvalue weighted by atomic mass is 10.1. The number of anilines is 1. The van der Waals surface area contributed by atoms with Crippen molar-refractivity contribution in [1.29, 1.82) is 0 Å². The summed E-state index contributed by atoms with van der Waals surface area (Å²) in [7, 11) is -5.77. The van der Waals surface area contributed by atoms with Crippen LogP contribution in [0.15, 0.2) is 18.2 Å². The summed E-state index contributed by atoms with van der Waals surface area (Å²) in [5, 5.41) is 17.4. The van der Waals surface area contributed by atoms with Crippen LogP contribution in [0.1, 0.15) is 20.7 Å². The summed E-state index contributed by atoms with van der Waals surface area (Å²) in [5.41, 5.74) is -7.79. The molecule has 1 aromatic carbocycles. The van der Waals surface area contributed by atoms with Crippen LogP contribution in [0.5, 0.6) is 0 Å². The number of hydrogen-bond acceptors (Lipinski definition) is 4. The highest BCUT2D eigenvalue weighted by Crippen LogP contribution is 2.26. The van der Waals surface area contributed by atoms with Crippen molar-refractivity contribution in [3.63, 3.8) is 0 Å². The van der Waals surface area contributed by atoms with Crippen LogP contribution in [0.4, 0.5) is 18.9 Å². The molecule has 11 heteroatoms. The highest BCUT2D eigenvalue weighted by Gasteiger charge is 2.46. The molecule has 0 atom stereocenters. The maximum Gasteiger partial charge on any atom is 0.516 e. The number of benzene rings is 1. The number of halogens is 3. The number of sulfonamides is 1. The number of hydrogen-bond donors (Lipinski definition) is 3. The van der Waals surface area contributed by atoms with Crippen LogP contribution in [0.25, 0.3) is 0 Å². The van der Waals surface area contributed by atoms with Gasteiger partial charge in [-0.05, 0) is 18.2 Å². The van der Waals surface area contributed by atoms with Crippen molar-refractivity contribution in [2.24, 2.45) is 0 Å². The van der Waals surface area contributed by atoms with Crippen molar-refractivity contribution in [2.75, 3.05) is 4.72 Å². The van der Waals surface area contributed by atoms with E-state index in [2.05, 4.69) is 0 Å². The molecule has 0 unspecified atom stereocenters. The minimum Gasteiger partial charge on any atom is -0.478 e. The van der Waals surface area contributed by atoms with E-state index >= 15 is 0 Å². The van der Waals surface area contributed by atoms with Crippen LogP contribution < -0.4 is 4.72 Å².